The molecule has 0 bridgehead atoms. The van der Waals surface area contributed by atoms with E-state index in [9.17, 15) is 8.78 Å². The molecule has 1 aromatic carbocycles. The number of alkyl halides is 2. The van der Waals surface area contributed by atoms with Crippen LogP contribution in [0.4, 0.5) is 8.78 Å². The number of aromatic nitrogens is 1. The Balaban J connectivity index is 2.46. The molecular formula is C11H10F2N2S. The number of thiocarbonyl (C=S) groups is 1. The highest BCUT2D eigenvalue weighted by Gasteiger charge is 2.07. The van der Waals surface area contributed by atoms with Gasteiger partial charge in [-0.2, -0.15) is 0 Å². The second-order valence-electron chi connectivity index (χ2n) is 3.50. The van der Waals surface area contributed by atoms with Crippen molar-refractivity contribution in [1.29, 1.82) is 0 Å². The van der Waals surface area contributed by atoms with Gasteiger partial charge in [-0.05, 0) is 24.3 Å². The first-order valence-corrected chi connectivity index (χ1v) is 5.15. The summed E-state index contributed by atoms with van der Waals surface area (Å²) < 4.78 is 26.1. The van der Waals surface area contributed by atoms with E-state index in [1.54, 1.807) is 30.5 Å². The van der Waals surface area contributed by atoms with E-state index in [-0.39, 0.29) is 6.54 Å². The van der Waals surface area contributed by atoms with E-state index in [2.05, 4.69) is 0 Å². The number of nitrogens with zero attached hydrogens (tertiary/aromatic N) is 1. The topological polar surface area (TPSA) is 30.9 Å². The molecule has 2 aromatic rings. The number of fused-ring (bicyclic) bond motifs is 1. The van der Waals surface area contributed by atoms with Crippen LogP contribution in [0.15, 0.2) is 30.5 Å². The lowest BCUT2D eigenvalue weighted by atomic mass is 10.1. The fourth-order valence-electron chi connectivity index (χ4n) is 1.66. The molecule has 0 amide bonds. The third kappa shape index (κ3) is 2.04. The summed E-state index contributed by atoms with van der Waals surface area (Å²) in [5.41, 5.74) is 7.01. The Kier molecular flexibility index (Phi) is 2.87. The summed E-state index contributed by atoms with van der Waals surface area (Å²) in [6, 6.07) is 7.08. The highest BCUT2D eigenvalue weighted by molar-refractivity contribution is 7.80. The second kappa shape index (κ2) is 4.17. The molecule has 0 aliphatic rings. The van der Waals surface area contributed by atoms with Crippen LogP contribution in [-0.2, 0) is 6.54 Å². The van der Waals surface area contributed by atoms with Crippen LogP contribution < -0.4 is 5.73 Å². The molecule has 0 unspecified atom stereocenters. The zero-order chi connectivity index (χ0) is 11.7. The van der Waals surface area contributed by atoms with Crippen LogP contribution in [0.3, 0.4) is 0 Å². The molecule has 84 valence electrons. The maximum Gasteiger partial charge on any atom is 0.256 e. The molecule has 2 rings (SSSR count). The predicted molar refractivity (Wildman–Crippen MR) is 63.8 cm³/mol. The monoisotopic (exact) mass is 240 g/mol. The molecule has 1 aromatic heterocycles. The van der Waals surface area contributed by atoms with Crippen LogP contribution in [0.2, 0.25) is 0 Å². The van der Waals surface area contributed by atoms with Crippen LogP contribution in [0.5, 0.6) is 0 Å². The summed E-state index contributed by atoms with van der Waals surface area (Å²) in [5, 5.41) is 0.867. The van der Waals surface area contributed by atoms with Crippen LogP contribution in [0, 0.1) is 0 Å². The van der Waals surface area contributed by atoms with Crippen LogP contribution in [-0.4, -0.2) is 16.0 Å². The fraction of sp³-hybridized carbons (Fsp3) is 0.182. The summed E-state index contributed by atoms with van der Waals surface area (Å²) in [4.78, 5) is 0.309. The van der Waals surface area contributed by atoms with Gasteiger partial charge in [0.05, 0.1) is 6.54 Å². The van der Waals surface area contributed by atoms with Crippen molar-refractivity contribution in [2.24, 2.45) is 5.73 Å². The van der Waals surface area contributed by atoms with Gasteiger partial charge >= 0.3 is 0 Å². The number of benzene rings is 1. The molecule has 0 aliphatic carbocycles. The molecule has 0 saturated carbocycles. The van der Waals surface area contributed by atoms with Crippen molar-refractivity contribution in [3.63, 3.8) is 0 Å². The number of nitrogens with two attached hydrogens (primary N) is 1. The average molecular weight is 240 g/mol. The number of rotatable bonds is 3. The smallest absolute Gasteiger partial charge is 0.256 e. The number of hydrogen-bond donors (Lipinski definition) is 1. The lowest BCUT2D eigenvalue weighted by Gasteiger charge is -2.04. The Morgan fingerprint density at radius 2 is 2.12 bits per heavy atom. The van der Waals surface area contributed by atoms with E-state index >= 15 is 0 Å². The zero-order valence-electron chi connectivity index (χ0n) is 8.36. The minimum Gasteiger partial charge on any atom is -0.389 e. The van der Waals surface area contributed by atoms with Crippen LogP contribution in [0.25, 0.3) is 10.9 Å². The molecule has 2 N–H and O–H groups in total. The largest absolute Gasteiger partial charge is 0.389 e. The van der Waals surface area contributed by atoms with Gasteiger partial charge < -0.3 is 10.3 Å². The van der Waals surface area contributed by atoms with Gasteiger partial charge in [0.2, 0.25) is 0 Å². The van der Waals surface area contributed by atoms with Gasteiger partial charge in [-0.3, -0.25) is 0 Å². The van der Waals surface area contributed by atoms with Gasteiger partial charge in [0, 0.05) is 22.7 Å². The normalized spacial score (nSPS) is 11.2. The van der Waals surface area contributed by atoms with Crippen molar-refractivity contribution >= 4 is 28.1 Å². The molecule has 16 heavy (non-hydrogen) atoms. The first kappa shape index (κ1) is 11.0. The first-order valence-electron chi connectivity index (χ1n) is 4.75. The predicted octanol–water partition coefficient (Wildman–Crippen LogP) is 2.54. The Labute approximate surface area is 96.7 Å². The van der Waals surface area contributed by atoms with Gasteiger partial charge in [0.1, 0.15) is 4.99 Å². The highest BCUT2D eigenvalue weighted by atomic mass is 32.1. The third-order valence-corrected chi connectivity index (χ3v) is 2.63. The number of hydrogen-bond acceptors (Lipinski definition) is 1. The molecule has 1 heterocycles. The standard InChI is InChI=1S/C11H10F2N2S/c12-10(13)6-15-4-3-7-5-8(11(14)16)1-2-9(7)15/h1-5,10H,6H2,(H2,14,16). The minimum absolute atomic E-state index is 0.296. The quantitative estimate of drug-likeness (QED) is 0.836. The molecule has 0 atom stereocenters. The fourth-order valence-corrected chi connectivity index (χ4v) is 1.79. The van der Waals surface area contributed by atoms with E-state index in [1.165, 1.54) is 4.57 Å². The molecule has 0 fully saturated rings. The van der Waals surface area contributed by atoms with Crippen molar-refractivity contribution in [3.05, 3.63) is 36.0 Å². The molecule has 0 spiro atoms. The van der Waals surface area contributed by atoms with Crippen molar-refractivity contribution in [2.45, 2.75) is 13.0 Å². The Morgan fingerprint density at radius 3 is 2.75 bits per heavy atom. The molecule has 5 heteroatoms. The summed E-state index contributed by atoms with van der Waals surface area (Å²) in [5.74, 6) is 0. The molecule has 0 radical (unpaired) electrons. The molecule has 2 nitrogen and oxygen atoms in total. The summed E-state index contributed by atoms with van der Waals surface area (Å²) in [6.07, 6.45) is -0.717. The molecule has 0 aliphatic heterocycles. The van der Waals surface area contributed by atoms with Crippen molar-refractivity contribution in [2.75, 3.05) is 0 Å². The van der Waals surface area contributed by atoms with Gasteiger partial charge in [-0.15, -0.1) is 0 Å². The summed E-state index contributed by atoms with van der Waals surface area (Å²) in [6.45, 7) is -0.296. The van der Waals surface area contributed by atoms with Crippen molar-refractivity contribution in [3.8, 4) is 0 Å². The van der Waals surface area contributed by atoms with Gasteiger partial charge in [-0.1, -0.05) is 12.2 Å². The minimum atomic E-state index is -2.36. The Hall–Kier alpha value is -1.49. The third-order valence-electron chi connectivity index (χ3n) is 2.39. The van der Waals surface area contributed by atoms with Crippen LogP contribution >= 0.6 is 12.2 Å². The molecule has 0 saturated heterocycles. The maximum absolute atomic E-state index is 12.3. The van der Waals surface area contributed by atoms with Gasteiger partial charge in [0.25, 0.3) is 6.43 Å². The highest BCUT2D eigenvalue weighted by Crippen LogP contribution is 2.18. The van der Waals surface area contributed by atoms with E-state index in [1.807, 2.05) is 0 Å². The SMILES string of the molecule is NC(=S)c1ccc2c(ccn2CC(F)F)c1. The van der Waals surface area contributed by atoms with Gasteiger partial charge in [0.15, 0.2) is 0 Å². The Bertz CT molecular complexity index is 534. The summed E-state index contributed by atoms with van der Waals surface area (Å²) in [7, 11) is 0. The van der Waals surface area contributed by atoms with E-state index in [0.29, 0.717) is 4.99 Å². The zero-order valence-corrected chi connectivity index (χ0v) is 9.18. The van der Waals surface area contributed by atoms with E-state index in [0.717, 1.165) is 16.5 Å². The average Bonchev–Trinajstić information content (AvgIpc) is 2.60. The van der Waals surface area contributed by atoms with Crippen molar-refractivity contribution < 1.29 is 8.78 Å². The van der Waals surface area contributed by atoms with Gasteiger partial charge in [-0.25, -0.2) is 8.78 Å². The lowest BCUT2D eigenvalue weighted by Crippen LogP contribution is -2.09. The lowest BCUT2D eigenvalue weighted by molar-refractivity contribution is 0.128. The molecular weight excluding hydrogens is 230 g/mol. The van der Waals surface area contributed by atoms with Crippen molar-refractivity contribution in [1.82, 2.24) is 4.57 Å². The first-order chi connectivity index (χ1) is 7.58. The summed E-state index contributed by atoms with van der Waals surface area (Å²) >= 11 is 4.85. The van der Waals surface area contributed by atoms with E-state index in [4.69, 9.17) is 18.0 Å². The Morgan fingerprint density at radius 1 is 1.38 bits per heavy atom. The second-order valence-corrected chi connectivity index (χ2v) is 3.94. The number of halogens is 2. The van der Waals surface area contributed by atoms with Crippen LogP contribution in [0.1, 0.15) is 5.56 Å². The van der Waals surface area contributed by atoms with E-state index < -0.39 is 6.43 Å². The maximum atomic E-state index is 12.3.